The van der Waals surface area contributed by atoms with E-state index in [2.05, 4.69) is 51.7 Å². The molecule has 1 unspecified atom stereocenters. The van der Waals surface area contributed by atoms with Crippen LogP contribution in [0.25, 0.3) is 0 Å². The van der Waals surface area contributed by atoms with Crippen LogP contribution >= 0.6 is 0 Å². The lowest BCUT2D eigenvalue weighted by molar-refractivity contribution is -0.118. The molecule has 0 aromatic heterocycles. The van der Waals surface area contributed by atoms with Crippen molar-refractivity contribution in [1.29, 1.82) is 0 Å². The summed E-state index contributed by atoms with van der Waals surface area (Å²) in [5, 5.41) is 3.07. The zero-order valence-corrected chi connectivity index (χ0v) is 11.8. The molecule has 0 spiro atoms. The Labute approximate surface area is 110 Å². The van der Waals surface area contributed by atoms with Gasteiger partial charge in [-0.3, -0.25) is 4.79 Å². The second kappa shape index (κ2) is 5.85. The highest BCUT2D eigenvalue weighted by Crippen LogP contribution is 2.30. The molecule has 1 amide bonds. The van der Waals surface area contributed by atoms with Crippen molar-refractivity contribution in [3.63, 3.8) is 0 Å². The first kappa shape index (κ1) is 14.5. The molecule has 0 fully saturated rings. The van der Waals surface area contributed by atoms with Crippen molar-refractivity contribution in [3.8, 4) is 0 Å². The van der Waals surface area contributed by atoms with Crippen LogP contribution in [-0.2, 0) is 10.3 Å². The van der Waals surface area contributed by atoms with Gasteiger partial charge in [-0.1, -0.05) is 38.1 Å². The Morgan fingerprint density at radius 1 is 1.44 bits per heavy atom. The SMILES string of the molecule is C=CC(=O)NC(C)(CCC)c1cccc(C)c1C. The molecule has 2 nitrogen and oxygen atoms in total. The Kier molecular flexibility index (Phi) is 4.71. The predicted octanol–water partition coefficient (Wildman–Crippen LogP) is 3.62. The topological polar surface area (TPSA) is 29.1 Å². The number of hydrogen-bond acceptors (Lipinski definition) is 1. The van der Waals surface area contributed by atoms with Crippen LogP contribution in [0, 0.1) is 13.8 Å². The highest BCUT2D eigenvalue weighted by Gasteiger charge is 2.28. The van der Waals surface area contributed by atoms with E-state index in [0.717, 1.165) is 12.8 Å². The minimum absolute atomic E-state index is 0.119. The van der Waals surface area contributed by atoms with Crippen LogP contribution in [0.2, 0.25) is 0 Å². The van der Waals surface area contributed by atoms with Crippen LogP contribution in [0.5, 0.6) is 0 Å². The zero-order valence-electron chi connectivity index (χ0n) is 11.8. The van der Waals surface area contributed by atoms with Gasteiger partial charge in [-0.15, -0.1) is 0 Å². The Hall–Kier alpha value is -1.57. The van der Waals surface area contributed by atoms with Crippen LogP contribution in [0.4, 0.5) is 0 Å². The molecule has 1 aromatic carbocycles. The molecule has 0 heterocycles. The van der Waals surface area contributed by atoms with Crippen LogP contribution in [0.1, 0.15) is 43.4 Å². The van der Waals surface area contributed by atoms with Crippen LogP contribution in [-0.4, -0.2) is 5.91 Å². The summed E-state index contributed by atoms with van der Waals surface area (Å²) in [6.07, 6.45) is 3.26. The van der Waals surface area contributed by atoms with E-state index in [1.165, 1.54) is 22.8 Å². The van der Waals surface area contributed by atoms with E-state index >= 15 is 0 Å². The van der Waals surface area contributed by atoms with Crippen LogP contribution < -0.4 is 5.32 Å². The van der Waals surface area contributed by atoms with Crippen LogP contribution in [0.3, 0.4) is 0 Å². The molecule has 1 atom stereocenters. The normalized spacial score (nSPS) is 13.8. The third kappa shape index (κ3) is 3.00. The molecule has 0 radical (unpaired) electrons. The van der Waals surface area contributed by atoms with Gasteiger partial charge in [0.15, 0.2) is 0 Å². The predicted molar refractivity (Wildman–Crippen MR) is 76.5 cm³/mol. The lowest BCUT2D eigenvalue weighted by atomic mass is 9.83. The van der Waals surface area contributed by atoms with Crippen molar-refractivity contribution in [2.75, 3.05) is 0 Å². The fraction of sp³-hybridized carbons (Fsp3) is 0.438. The van der Waals surface area contributed by atoms with Crippen molar-refractivity contribution in [1.82, 2.24) is 5.32 Å². The Morgan fingerprint density at radius 2 is 2.11 bits per heavy atom. The average molecular weight is 245 g/mol. The number of amides is 1. The van der Waals surface area contributed by atoms with Gasteiger partial charge < -0.3 is 5.32 Å². The molecule has 0 saturated heterocycles. The molecule has 0 bridgehead atoms. The molecular weight excluding hydrogens is 222 g/mol. The number of nitrogens with one attached hydrogen (secondary N) is 1. The lowest BCUT2D eigenvalue weighted by Gasteiger charge is -2.32. The number of carbonyl (C=O) groups excluding carboxylic acids is 1. The molecular formula is C16H23NO. The van der Waals surface area contributed by atoms with Crippen molar-refractivity contribution < 1.29 is 4.79 Å². The van der Waals surface area contributed by atoms with Gasteiger partial charge in [-0.25, -0.2) is 0 Å². The smallest absolute Gasteiger partial charge is 0.244 e. The largest absolute Gasteiger partial charge is 0.343 e. The molecule has 1 N–H and O–H groups in total. The van der Waals surface area contributed by atoms with Crippen LogP contribution in [0.15, 0.2) is 30.9 Å². The summed E-state index contributed by atoms with van der Waals surface area (Å²) in [6, 6.07) is 6.24. The van der Waals surface area contributed by atoms with E-state index in [1.807, 2.05) is 6.07 Å². The summed E-state index contributed by atoms with van der Waals surface area (Å²) in [6.45, 7) is 11.9. The molecule has 2 heteroatoms. The molecule has 0 aliphatic heterocycles. The van der Waals surface area contributed by atoms with Gasteiger partial charge in [0.1, 0.15) is 0 Å². The van der Waals surface area contributed by atoms with Gasteiger partial charge in [-0.05, 0) is 50.0 Å². The molecule has 18 heavy (non-hydrogen) atoms. The van der Waals surface area contributed by atoms with E-state index < -0.39 is 0 Å². The maximum atomic E-state index is 11.6. The van der Waals surface area contributed by atoms with E-state index in [9.17, 15) is 4.79 Å². The van der Waals surface area contributed by atoms with Gasteiger partial charge in [0.05, 0.1) is 5.54 Å². The Morgan fingerprint density at radius 3 is 2.67 bits per heavy atom. The number of aryl methyl sites for hydroxylation is 1. The molecule has 1 aromatic rings. The fourth-order valence-corrected chi connectivity index (χ4v) is 2.44. The van der Waals surface area contributed by atoms with Gasteiger partial charge >= 0.3 is 0 Å². The van der Waals surface area contributed by atoms with E-state index in [-0.39, 0.29) is 11.4 Å². The fourth-order valence-electron chi connectivity index (χ4n) is 2.44. The molecule has 98 valence electrons. The summed E-state index contributed by atoms with van der Waals surface area (Å²) in [5.41, 5.74) is 3.37. The molecule has 0 saturated carbocycles. The minimum Gasteiger partial charge on any atom is -0.343 e. The maximum Gasteiger partial charge on any atom is 0.244 e. The number of rotatable bonds is 5. The van der Waals surface area contributed by atoms with E-state index in [0.29, 0.717) is 0 Å². The molecule has 0 aliphatic carbocycles. The third-order valence-corrected chi connectivity index (χ3v) is 3.53. The average Bonchev–Trinajstić information content (AvgIpc) is 2.32. The van der Waals surface area contributed by atoms with E-state index in [4.69, 9.17) is 0 Å². The third-order valence-electron chi connectivity index (χ3n) is 3.53. The maximum absolute atomic E-state index is 11.6. The van der Waals surface area contributed by atoms with E-state index in [1.54, 1.807) is 0 Å². The molecule has 0 aliphatic rings. The minimum atomic E-state index is -0.323. The second-order valence-corrected chi connectivity index (χ2v) is 5.02. The van der Waals surface area contributed by atoms with Gasteiger partial charge in [0, 0.05) is 0 Å². The summed E-state index contributed by atoms with van der Waals surface area (Å²) in [5.74, 6) is -0.119. The van der Waals surface area contributed by atoms with Crippen molar-refractivity contribution >= 4 is 5.91 Å². The Bertz CT molecular complexity index is 450. The van der Waals surface area contributed by atoms with Gasteiger partial charge in [-0.2, -0.15) is 0 Å². The first-order chi connectivity index (χ1) is 8.44. The quantitative estimate of drug-likeness (QED) is 0.789. The second-order valence-electron chi connectivity index (χ2n) is 5.02. The summed E-state index contributed by atoms with van der Waals surface area (Å²) >= 11 is 0. The molecule has 1 rings (SSSR count). The number of benzene rings is 1. The lowest BCUT2D eigenvalue weighted by Crippen LogP contribution is -2.43. The number of hydrogen-bond donors (Lipinski definition) is 1. The first-order valence-corrected chi connectivity index (χ1v) is 6.46. The van der Waals surface area contributed by atoms with Gasteiger partial charge in [0.2, 0.25) is 5.91 Å². The monoisotopic (exact) mass is 245 g/mol. The van der Waals surface area contributed by atoms with Gasteiger partial charge in [0.25, 0.3) is 0 Å². The standard InChI is InChI=1S/C16H23NO/c1-6-11-16(5,17-15(18)7-2)14-10-8-9-12(3)13(14)4/h7-10H,2,6,11H2,1,3-5H3,(H,17,18). The highest BCUT2D eigenvalue weighted by atomic mass is 16.1. The first-order valence-electron chi connectivity index (χ1n) is 6.46. The van der Waals surface area contributed by atoms with Crippen molar-refractivity contribution in [2.45, 2.75) is 46.1 Å². The summed E-state index contributed by atoms with van der Waals surface area (Å²) in [4.78, 5) is 11.6. The summed E-state index contributed by atoms with van der Waals surface area (Å²) in [7, 11) is 0. The van der Waals surface area contributed by atoms with Crippen molar-refractivity contribution in [2.24, 2.45) is 0 Å². The van der Waals surface area contributed by atoms with Crippen molar-refractivity contribution in [3.05, 3.63) is 47.5 Å². The highest BCUT2D eigenvalue weighted by molar-refractivity contribution is 5.87. The zero-order chi connectivity index (χ0) is 13.8. The Balaban J connectivity index is 3.21. The number of carbonyl (C=O) groups is 1. The summed E-state index contributed by atoms with van der Waals surface area (Å²) < 4.78 is 0.